The average molecular weight is 528 g/mol. The quantitative estimate of drug-likeness (QED) is 0.432. The summed E-state index contributed by atoms with van der Waals surface area (Å²) >= 11 is 1.96. The van der Waals surface area contributed by atoms with Gasteiger partial charge in [-0.3, -0.25) is 4.90 Å². The Kier molecular flexibility index (Phi) is 11.6. The number of terminal acetylenes is 1. The van der Waals surface area contributed by atoms with Gasteiger partial charge in [0.25, 0.3) is 0 Å². The van der Waals surface area contributed by atoms with Crippen LogP contribution in [0.3, 0.4) is 0 Å². The zero-order valence-electron chi connectivity index (χ0n) is 23.0. The van der Waals surface area contributed by atoms with Crippen LogP contribution in [0, 0.1) is 25.2 Å². The zero-order chi connectivity index (χ0) is 26.7. The number of nitrogens with zero attached hydrogens (tertiary/aromatic N) is 4. The molecule has 0 bridgehead atoms. The molecule has 204 valence electrons. The van der Waals surface area contributed by atoms with Gasteiger partial charge in [-0.15, -0.1) is 24.2 Å². The maximum Gasteiger partial charge on any atom is 0.185 e. The number of anilines is 1. The van der Waals surface area contributed by atoms with Crippen LogP contribution in [0.15, 0.2) is 10.6 Å². The number of carbonyl (C=O) groups is 1. The van der Waals surface area contributed by atoms with Gasteiger partial charge >= 0.3 is 0 Å². The standard InChI is InChI=1S/C14H21N3S.C7H15N.C6H7NO2.C2H2/c1-2-16-7-4-12-11(8-16)15-13(18-12)17-9-14(10-17)5-3-6-14;1-8-7-5-3-2-4-6-7;1-5-4-6(2-3-8)9-7-5;1-2/h2-10H2,1H3;7-8H,2-6H2,1H3;3-4H,2H2,1H3;1-2H. The van der Waals surface area contributed by atoms with E-state index < -0.39 is 0 Å². The normalized spacial score (nSPS) is 20.0. The topological polar surface area (TPSA) is 74.5 Å². The zero-order valence-corrected chi connectivity index (χ0v) is 23.8. The van der Waals surface area contributed by atoms with Crippen molar-refractivity contribution >= 4 is 22.8 Å². The molecule has 2 aromatic heterocycles. The molecule has 1 saturated heterocycles. The van der Waals surface area contributed by atoms with Crippen molar-refractivity contribution in [2.45, 2.75) is 90.6 Å². The number of fused-ring (bicyclic) bond motifs is 1. The molecule has 2 aromatic rings. The average Bonchev–Trinajstić information content (AvgIpc) is 3.50. The third kappa shape index (κ3) is 8.13. The SMILES string of the molecule is C#C.CCN1CCc2sc(N3CC4(CCC4)C3)nc2C1.CNC1CCCCC1.Cc1cc(CC=O)on1. The fraction of sp³-hybridized carbons (Fsp3) is 0.690. The maximum absolute atomic E-state index is 9.90. The van der Waals surface area contributed by atoms with E-state index in [0.717, 1.165) is 31.1 Å². The number of likely N-dealkylation sites (N-methyl/N-ethyl adjacent to an activating group) is 1. The highest BCUT2D eigenvalue weighted by molar-refractivity contribution is 7.15. The van der Waals surface area contributed by atoms with Crippen LogP contribution >= 0.6 is 11.3 Å². The monoisotopic (exact) mass is 527 g/mol. The van der Waals surface area contributed by atoms with Gasteiger partial charge in [-0.25, -0.2) is 4.98 Å². The second-order valence-corrected chi connectivity index (χ2v) is 11.7. The van der Waals surface area contributed by atoms with E-state index in [1.54, 1.807) is 10.9 Å². The highest BCUT2D eigenvalue weighted by atomic mass is 32.1. The minimum absolute atomic E-state index is 0.320. The molecule has 4 aliphatic rings. The summed E-state index contributed by atoms with van der Waals surface area (Å²) in [5, 5.41) is 8.21. The van der Waals surface area contributed by atoms with E-state index in [4.69, 9.17) is 9.51 Å². The lowest BCUT2D eigenvalue weighted by molar-refractivity contribution is -0.107. The van der Waals surface area contributed by atoms with Crippen LogP contribution < -0.4 is 10.2 Å². The van der Waals surface area contributed by atoms with Crippen molar-refractivity contribution in [2.24, 2.45) is 5.41 Å². The first-order valence-corrected chi connectivity index (χ1v) is 14.7. The third-order valence-electron chi connectivity index (χ3n) is 7.95. The van der Waals surface area contributed by atoms with E-state index >= 15 is 0 Å². The van der Waals surface area contributed by atoms with Crippen LogP contribution in [0.1, 0.15) is 80.3 Å². The Labute approximate surface area is 227 Å². The molecule has 37 heavy (non-hydrogen) atoms. The fourth-order valence-corrected chi connectivity index (χ4v) is 6.58. The van der Waals surface area contributed by atoms with Crippen LogP contribution in [-0.4, -0.2) is 60.6 Å². The highest BCUT2D eigenvalue weighted by Gasteiger charge is 2.48. The molecule has 6 rings (SSSR count). The van der Waals surface area contributed by atoms with Gasteiger partial charge in [-0.2, -0.15) is 0 Å². The molecule has 7 nitrogen and oxygen atoms in total. The number of rotatable bonds is 5. The van der Waals surface area contributed by atoms with E-state index in [-0.39, 0.29) is 0 Å². The van der Waals surface area contributed by atoms with Crippen LogP contribution in [-0.2, 0) is 24.2 Å². The smallest absolute Gasteiger partial charge is 0.185 e. The minimum Gasteiger partial charge on any atom is -0.361 e. The number of carbonyl (C=O) groups excluding carboxylic acids is 1. The Hall–Kier alpha value is -2.21. The van der Waals surface area contributed by atoms with Crippen molar-refractivity contribution in [1.82, 2.24) is 20.4 Å². The Morgan fingerprint density at radius 1 is 1.22 bits per heavy atom. The number of thiazole rings is 1. The van der Waals surface area contributed by atoms with Crippen LogP contribution in [0.25, 0.3) is 0 Å². The number of aldehydes is 1. The molecule has 0 unspecified atom stereocenters. The van der Waals surface area contributed by atoms with Gasteiger partial charge in [-0.1, -0.05) is 37.8 Å². The number of hydrogen-bond acceptors (Lipinski definition) is 8. The molecular formula is C29H45N5O2S. The predicted octanol–water partition coefficient (Wildman–Crippen LogP) is 5.02. The van der Waals surface area contributed by atoms with E-state index in [0.29, 0.717) is 17.6 Å². The molecule has 3 fully saturated rings. The minimum atomic E-state index is 0.320. The van der Waals surface area contributed by atoms with Gasteiger partial charge in [0.15, 0.2) is 5.13 Å². The van der Waals surface area contributed by atoms with E-state index in [9.17, 15) is 4.79 Å². The van der Waals surface area contributed by atoms with Crippen molar-refractivity contribution in [2.75, 3.05) is 38.1 Å². The molecular weight excluding hydrogens is 482 g/mol. The summed E-state index contributed by atoms with van der Waals surface area (Å²) in [6.07, 6.45) is 21.8. The summed E-state index contributed by atoms with van der Waals surface area (Å²) < 4.78 is 4.72. The van der Waals surface area contributed by atoms with Crippen molar-refractivity contribution in [3.05, 3.63) is 28.1 Å². The first-order valence-electron chi connectivity index (χ1n) is 13.9. The van der Waals surface area contributed by atoms with Crippen LogP contribution in [0.5, 0.6) is 0 Å². The molecule has 0 aromatic carbocycles. The summed E-state index contributed by atoms with van der Waals surface area (Å²) in [5.74, 6) is 0.627. The van der Waals surface area contributed by atoms with E-state index in [2.05, 4.69) is 47.1 Å². The van der Waals surface area contributed by atoms with Crippen LogP contribution in [0.4, 0.5) is 5.13 Å². The summed E-state index contributed by atoms with van der Waals surface area (Å²) in [4.78, 5) is 21.3. The summed E-state index contributed by atoms with van der Waals surface area (Å²) in [6.45, 7) is 10.1. The second kappa shape index (κ2) is 14.7. The van der Waals surface area contributed by atoms with Gasteiger partial charge in [0.1, 0.15) is 12.0 Å². The third-order valence-corrected chi connectivity index (χ3v) is 9.17. The Morgan fingerprint density at radius 3 is 2.46 bits per heavy atom. The molecule has 0 radical (unpaired) electrons. The first-order chi connectivity index (χ1) is 18.0. The molecule has 2 aliphatic carbocycles. The maximum atomic E-state index is 9.90. The molecule has 2 saturated carbocycles. The second-order valence-electron chi connectivity index (χ2n) is 10.6. The van der Waals surface area contributed by atoms with Gasteiger partial charge in [0.05, 0.1) is 17.8 Å². The summed E-state index contributed by atoms with van der Waals surface area (Å²) in [6, 6.07) is 2.58. The molecule has 2 aliphatic heterocycles. The highest BCUT2D eigenvalue weighted by Crippen LogP contribution is 2.50. The van der Waals surface area contributed by atoms with Crippen LogP contribution in [0.2, 0.25) is 0 Å². The lowest BCUT2D eigenvalue weighted by Crippen LogP contribution is -2.59. The van der Waals surface area contributed by atoms with Gasteiger partial charge in [0, 0.05) is 48.6 Å². The number of nitrogens with one attached hydrogen (secondary N) is 1. The molecule has 4 heterocycles. The van der Waals surface area contributed by atoms with Gasteiger partial charge in [0.2, 0.25) is 0 Å². The molecule has 1 spiro atoms. The Morgan fingerprint density at radius 2 is 1.95 bits per heavy atom. The summed E-state index contributed by atoms with van der Waals surface area (Å²) in [7, 11) is 2.07. The number of hydrogen-bond donors (Lipinski definition) is 1. The van der Waals surface area contributed by atoms with Gasteiger partial charge < -0.3 is 19.5 Å². The molecule has 0 atom stereocenters. The van der Waals surface area contributed by atoms with Crippen molar-refractivity contribution in [1.29, 1.82) is 0 Å². The Balaban J connectivity index is 0.000000169. The molecule has 8 heteroatoms. The van der Waals surface area contributed by atoms with Crippen molar-refractivity contribution in [3.63, 3.8) is 0 Å². The lowest BCUT2D eigenvalue weighted by atomic mass is 9.64. The van der Waals surface area contributed by atoms with Crippen molar-refractivity contribution in [3.8, 4) is 12.8 Å². The van der Waals surface area contributed by atoms with Gasteiger partial charge in [-0.05, 0) is 52.6 Å². The van der Waals surface area contributed by atoms with E-state index in [1.165, 1.54) is 88.2 Å². The Bertz CT molecular complexity index is 966. The van der Waals surface area contributed by atoms with Crippen molar-refractivity contribution < 1.29 is 9.32 Å². The van der Waals surface area contributed by atoms with E-state index in [1.807, 2.05) is 18.3 Å². The molecule has 1 N–H and O–H groups in total. The largest absolute Gasteiger partial charge is 0.361 e. The summed E-state index contributed by atoms with van der Waals surface area (Å²) in [5.41, 5.74) is 2.88. The number of aryl methyl sites for hydroxylation is 1. The number of aromatic nitrogens is 2. The lowest BCUT2D eigenvalue weighted by Gasteiger charge is -2.55. The fourth-order valence-electron chi connectivity index (χ4n) is 5.52. The predicted molar refractivity (Wildman–Crippen MR) is 152 cm³/mol. The molecule has 0 amide bonds. The first kappa shape index (κ1) is 29.3.